The highest BCUT2D eigenvalue weighted by Gasteiger charge is 2.31. The van der Waals surface area contributed by atoms with Crippen LogP contribution in [0.2, 0.25) is 0 Å². The summed E-state index contributed by atoms with van der Waals surface area (Å²) in [6.07, 6.45) is 3.20. The zero-order chi connectivity index (χ0) is 10.9. The lowest BCUT2D eigenvalue weighted by molar-refractivity contribution is -0.0276. The molecular weight excluding hydrogens is 204 g/mol. The Morgan fingerprint density at radius 2 is 2.27 bits per heavy atom. The molecule has 2 rings (SSSR count). The summed E-state index contributed by atoms with van der Waals surface area (Å²) in [6, 6.07) is 1.62. The van der Waals surface area contributed by atoms with Crippen molar-refractivity contribution in [2.24, 2.45) is 0 Å². The molecule has 2 heterocycles. The van der Waals surface area contributed by atoms with E-state index in [0.29, 0.717) is 5.65 Å². The first kappa shape index (κ1) is 9.97. The van der Waals surface area contributed by atoms with Gasteiger partial charge >= 0.3 is 0 Å². The van der Waals surface area contributed by atoms with Crippen LogP contribution in [0.25, 0.3) is 5.65 Å². The van der Waals surface area contributed by atoms with Crippen molar-refractivity contribution < 1.29 is 13.9 Å². The Balaban J connectivity index is 2.42. The first-order valence-corrected chi connectivity index (χ1v) is 4.42. The molecule has 0 unspecified atom stereocenters. The van der Waals surface area contributed by atoms with Crippen molar-refractivity contribution in [2.75, 3.05) is 6.61 Å². The lowest BCUT2D eigenvalue weighted by Crippen LogP contribution is -2.16. The number of hydrogen-bond donors (Lipinski definition) is 1. The SMILES string of the molecule is OCCC(F)(F)c1cnc2ccnn2c1. The number of alkyl halides is 2. The van der Waals surface area contributed by atoms with Crippen LogP contribution in [-0.4, -0.2) is 26.3 Å². The molecule has 80 valence electrons. The highest BCUT2D eigenvalue weighted by atomic mass is 19.3. The van der Waals surface area contributed by atoms with Gasteiger partial charge in [0.1, 0.15) is 0 Å². The Morgan fingerprint density at radius 3 is 3.00 bits per heavy atom. The van der Waals surface area contributed by atoms with Gasteiger partial charge in [-0.2, -0.15) is 5.10 Å². The molecule has 0 radical (unpaired) electrons. The quantitative estimate of drug-likeness (QED) is 0.833. The van der Waals surface area contributed by atoms with Gasteiger partial charge in [0.2, 0.25) is 0 Å². The zero-order valence-electron chi connectivity index (χ0n) is 7.77. The van der Waals surface area contributed by atoms with Crippen molar-refractivity contribution in [1.29, 1.82) is 0 Å². The highest BCUT2D eigenvalue weighted by molar-refractivity contribution is 5.36. The van der Waals surface area contributed by atoms with Gasteiger partial charge in [0.25, 0.3) is 5.92 Å². The molecule has 0 bridgehead atoms. The van der Waals surface area contributed by atoms with Crippen LogP contribution in [-0.2, 0) is 5.92 Å². The van der Waals surface area contributed by atoms with E-state index in [1.54, 1.807) is 6.07 Å². The summed E-state index contributed by atoms with van der Waals surface area (Å²) in [4.78, 5) is 3.83. The monoisotopic (exact) mass is 213 g/mol. The lowest BCUT2D eigenvalue weighted by atomic mass is 10.1. The predicted molar refractivity (Wildman–Crippen MR) is 48.6 cm³/mol. The van der Waals surface area contributed by atoms with E-state index in [1.165, 1.54) is 16.9 Å². The van der Waals surface area contributed by atoms with E-state index in [1.807, 2.05) is 0 Å². The minimum Gasteiger partial charge on any atom is -0.396 e. The molecule has 0 aliphatic carbocycles. The topological polar surface area (TPSA) is 50.4 Å². The summed E-state index contributed by atoms with van der Waals surface area (Å²) in [5, 5.41) is 12.3. The van der Waals surface area contributed by atoms with Gasteiger partial charge in [-0.15, -0.1) is 0 Å². The number of aromatic nitrogens is 3. The molecule has 0 fully saturated rings. The highest BCUT2D eigenvalue weighted by Crippen LogP contribution is 2.30. The van der Waals surface area contributed by atoms with Crippen molar-refractivity contribution in [1.82, 2.24) is 14.6 Å². The molecule has 0 spiro atoms. The van der Waals surface area contributed by atoms with Crippen molar-refractivity contribution >= 4 is 5.65 Å². The molecule has 0 aromatic carbocycles. The molecule has 0 aliphatic heterocycles. The number of nitrogens with zero attached hydrogens (tertiary/aromatic N) is 3. The molecule has 6 heteroatoms. The van der Waals surface area contributed by atoms with Gasteiger partial charge in [-0.3, -0.25) is 0 Å². The second-order valence-corrected chi connectivity index (χ2v) is 3.15. The molecule has 1 N–H and O–H groups in total. The third-order valence-electron chi connectivity index (χ3n) is 2.09. The van der Waals surface area contributed by atoms with E-state index in [-0.39, 0.29) is 5.56 Å². The number of aliphatic hydroxyl groups excluding tert-OH is 1. The van der Waals surface area contributed by atoms with E-state index >= 15 is 0 Å². The van der Waals surface area contributed by atoms with Crippen LogP contribution in [0, 0.1) is 0 Å². The molecule has 0 atom stereocenters. The van der Waals surface area contributed by atoms with E-state index < -0.39 is 19.0 Å². The summed E-state index contributed by atoms with van der Waals surface area (Å²) >= 11 is 0. The number of rotatable bonds is 3. The minimum atomic E-state index is -3.07. The number of halogens is 2. The fraction of sp³-hybridized carbons (Fsp3) is 0.333. The normalized spacial score (nSPS) is 12.2. The van der Waals surface area contributed by atoms with Crippen molar-refractivity contribution in [3.8, 4) is 0 Å². The van der Waals surface area contributed by atoms with Gasteiger partial charge < -0.3 is 5.11 Å². The third kappa shape index (κ3) is 1.80. The summed E-state index contributed by atoms with van der Waals surface area (Å²) < 4.78 is 28.0. The first-order chi connectivity index (χ1) is 7.13. The molecule has 2 aromatic rings. The molecule has 4 nitrogen and oxygen atoms in total. The van der Waals surface area contributed by atoms with E-state index in [2.05, 4.69) is 10.1 Å². The Bertz CT molecular complexity index is 469. The minimum absolute atomic E-state index is 0.243. The summed E-state index contributed by atoms with van der Waals surface area (Å²) in [5.41, 5.74) is 0.270. The van der Waals surface area contributed by atoms with E-state index in [4.69, 9.17) is 5.11 Å². The van der Waals surface area contributed by atoms with Gasteiger partial charge in [-0.05, 0) is 0 Å². The van der Waals surface area contributed by atoms with Crippen molar-refractivity contribution in [3.05, 3.63) is 30.2 Å². The molecule has 0 aliphatic rings. The number of hydrogen-bond acceptors (Lipinski definition) is 3. The van der Waals surface area contributed by atoms with Crippen LogP contribution in [0.3, 0.4) is 0 Å². The maximum atomic E-state index is 13.3. The second kappa shape index (κ2) is 3.54. The molecule has 0 saturated heterocycles. The van der Waals surface area contributed by atoms with Gasteiger partial charge in [-0.25, -0.2) is 18.3 Å². The predicted octanol–water partition coefficient (Wildman–Crippen LogP) is 1.20. The average Bonchev–Trinajstić information content (AvgIpc) is 2.63. The van der Waals surface area contributed by atoms with Crippen LogP contribution in [0.1, 0.15) is 12.0 Å². The second-order valence-electron chi connectivity index (χ2n) is 3.15. The number of fused-ring (bicyclic) bond motifs is 1. The summed E-state index contributed by atoms with van der Waals surface area (Å²) in [5.74, 6) is -3.07. The van der Waals surface area contributed by atoms with Crippen LogP contribution in [0.4, 0.5) is 8.78 Å². The Labute approximate surface area is 84.2 Å². The largest absolute Gasteiger partial charge is 0.396 e. The standard InChI is InChI=1S/C9H9F2N3O/c10-9(11,2-4-15)7-5-12-8-1-3-13-14(8)6-7/h1,3,5-6,15H,2,4H2. The smallest absolute Gasteiger partial charge is 0.278 e. The fourth-order valence-electron chi connectivity index (χ4n) is 1.28. The van der Waals surface area contributed by atoms with Crippen molar-refractivity contribution in [2.45, 2.75) is 12.3 Å². The zero-order valence-corrected chi connectivity index (χ0v) is 7.77. The van der Waals surface area contributed by atoms with Gasteiger partial charge in [0.05, 0.1) is 11.8 Å². The van der Waals surface area contributed by atoms with Crippen molar-refractivity contribution in [3.63, 3.8) is 0 Å². The molecule has 15 heavy (non-hydrogen) atoms. The van der Waals surface area contributed by atoms with Crippen LogP contribution in [0.15, 0.2) is 24.7 Å². The average molecular weight is 213 g/mol. The van der Waals surface area contributed by atoms with Gasteiger partial charge in [-0.1, -0.05) is 0 Å². The molecule has 0 amide bonds. The Hall–Kier alpha value is -1.56. The van der Waals surface area contributed by atoms with Crippen LogP contribution < -0.4 is 0 Å². The van der Waals surface area contributed by atoms with Gasteiger partial charge in [0.15, 0.2) is 5.65 Å². The fourth-order valence-corrected chi connectivity index (χ4v) is 1.28. The third-order valence-corrected chi connectivity index (χ3v) is 2.09. The number of aliphatic hydroxyl groups is 1. The van der Waals surface area contributed by atoms with E-state index in [9.17, 15) is 8.78 Å². The lowest BCUT2D eigenvalue weighted by Gasteiger charge is -2.14. The molecule has 2 aromatic heterocycles. The maximum absolute atomic E-state index is 13.3. The molecular formula is C9H9F2N3O. The Kier molecular flexibility index (Phi) is 2.36. The Morgan fingerprint density at radius 1 is 1.47 bits per heavy atom. The summed E-state index contributed by atoms with van der Waals surface area (Å²) in [7, 11) is 0. The van der Waals surface area contributed by atoms with E-state index in [0.717, 1.165) is 6.20 Å². The maximum Gasteiger partial charge on any atom is 0.278 e. The van der Waals surface area contributed by atoms with Gasteiger partial charge in [0, 0.05) is 31.5 Å². The molecule has 0 saturated carbocycles. The van der Waals surface area contributed by atoms with Crippen LogP contribution >= 0.6 is 0 Å². The summed E-state index contributed by atoms with van der Waals surface area (Å²) in [6.45, 7) is -0.565. The first-order valence-electron chi connectivity index (χ1n) is 4.42. The van der Waals surface area contributed by atoms with Crippen LogP contribution in [0.5, 0.6) is 0 Å².